The number of benzene rings is 1. The van der Waals surface area contributed by atoms with Crippen LogP contribution in [0.1, 0.15) is 22.8 Å². The molecule has 1 amide bonds. The molecule has 1 aliphatic rings. The molecule has 2 aromatic rings. The molecule has 132 valence electrons. The number of nitrogens with one attached hydrogen (secondary N) is 1. The van der Waals surface area contributed by atoms with Crippen molar-refractivity contribution >= 4 is 28.9 Å². The lowest BCUT2D eigenvalue weighted by atomic mass is 10.1. The predicted octanol–water partition coefficient (Wildman–Crippen LogP) is 2.88. The number of carbonyl (C=O) groups is 2. The number of amides is 1. The standard InChI is InChI=1S/C18H19NO5S/c1-2-22-18(21)15-8-13(3-4-16(15)24-10-14-9-23-14)19-17(20)7-12-5-6-25-11-12/h3-6,8,11,14H,2,7,9-10H2,1H3,(H,19,20). The summed E-state index contributed by atoms with van der Waals surface area (Å²) in [6, 6.07) is 6.85. The average Bonchev–Trinajstić information content (AvgIpc) is 3.29. The van der Waals surface area contributed by atoms with Gasteiger partial charge in [0.2, 0.25) is 5.91 Å². The van der Waals surface area contributed by atoms with Crippen molar-refractivity contribution in [1.82, 2.24) is 0 Å². The minimum Gasteiger partial charge on any atom is -0.490 e. The molecule has 2 heterocycles. The van der Waals surface area contributed by atoms with E-state index in [1.165, 1.54) is 0 Å². The van der Waals surface area contributed by atoms with Crippen LogP contribution in [0.15, 0.2) is 35.0 Å². The van der Waals surface area contributed by atoms with E-state index in [4.69, 9.17) is 14.2 Å². The maximum atomic E-state index is 12.2. The summed E-state index contributed by atoms with van der Waals surface area (Å²) in [6.07, 6.45) is 0.371. The Bertz CT molecular complexity index is 740. The fourth-order valence-corrected chi connectivity index (χ4v) is 2.90. The Morgan fingerprint density at radius 3 is 2.88 bits per heavy atom. The highest BCUT2D eigenvalue weighted by molar-refractivity contribution is 7.08. The molecular formula is C18H19NO5S. The topological polar surface area (TPSA) is 77.2 Å². The summed E-state index contributed by atoms with van der Waals surface area (Å²) < 4.78 is 15.8. The molecule has 0 bridgehead atoms. The van der Waals surface area contributed by atoms with Crippen LogP contribution in [0.4, 0.5) is 5.69 Å². The Morgan fingerprint density at radius 1 is 1.36 bits per heavy atom. The van der Waals surface area contributed by atoms with Crippen LogP contribution in [0.2, 0.25) is 0 Å². The van der Waals surface area contributed by atoms with E-state index in [1.807, 2.05) is 16.8 Å². The number of anilines is 1. The van der Waals surface area contributed by atoms with Gasteiger partial charge in [0.05, 0.1) is 19.6 Å². The summed E-state index contributed by atoms with van der Waals surface area (Å²) in [6.45, 7) is 3.06. The van der Waals surface area contributed by atoms with Crippen LogP contribution >= 0.6 is 11.3 Å². The number of hydrogen-bond acceptors (Lipinski definition) is 6. The van der Waals surface area contributed by atoms with Crippen molar-refractivity contribution in [2.45, 2.75) is 19.4 Å². The molecule has 1 N–H and O–H groups in total. The lowest BCUT2D eigenvalue weighted by Gasteiger charge is -2.12. The largest absolute Gasteiger partial charge is 0.490 e. The van der Waals surface area contributed by atoms with Crippen LogP contribution in [0.5, 0.6) is 5.75 Å². The molecule has 1 aliphatic heterocycles. The minimum absolute atomic E-state index is 0.0834. The van der Waals surface area contributed by atoms with E-state index < -0.39 is 5.97 Å². The third kappa shape index (κ3) is 5.04. The van der Waals surface area contributed by atoms with E-state index in [9.17, 15) is 9.59 Å². The molecule has 1 unspecified atom stereocenters. The molecule has 1 atom stereocenters. The van der Waals surface area contributed by atoms with E-state index >= 15 is 0 Å². The van der Waals surface area contributed by atoms with Crippen LogP contribution in [0.25, 0.3) is 0 Å². The van der Waals surface area contributed by atoms with Crippen LogP contribution < -0.4 is 10.1 Å². The average molecular weight is 361 g/mol. The third-order valence-electron chi connectivity index (χ3n) is 3.53. The summed E-state index contributed by atoms with van der Waals surface area (Å²) in [5.41, 5.74) is 1.77. The minimum atomic E-state index is -0.483. The van der Waals surface area contributed by atoms with Crippen molar-refractivity contribution in [3.63, 3.8) is 0 Å². The van der Waals surface area contributed by atoms with Crippen LogP contribution in [-0.2, 0) is 20.7 Å². The maximum Gasteiger partial charge on any atom is 0.341 e. The highest BCUT2D eigenvalue weighted by atomic mass is 32.1. The zero-order valence-electron chi connectivity index (χ0n) is 13.8. The molecule has 0 saturated carbocycles. The predicted molar refractivity (Wildman–Crippen MR) is 94.3 cm³/mol. The monoisotopic (exact) mass is 361 g/mol. The first-order chi connectivity index (χ1) is 12.2. The smallest absolute Gasteiger partial charge is 0.341 e. The first kappa shape index (κ1) is 17.4. The van der Waals surface area contributed by atoms with Crippen LogP contribution in [-0.4, -0.2) is 37.8 Å². The number of esters is 1. The highest BCUT2D eigenvalue weighted by Crippen LogP contribution is 2.25. The summed E-state index contributed by atoms with van der Waals surface area (Å²) in [5.74, 6) is -0.207. The van der Waals surface area contributed by atoms with Gasteiger partial charge in [0.15, 0.2) is 0 Å². The summed E-state index contributed by atoms with van der Waals surface area (Å²) in [4.78, 5) is 24.3. The van der Waals surface area contributed by atoms with Gasteiger partial charge in [-0.25, -0.2) is 4.79 Å². The summed E-state index contributed by atoms with van der Waals surface area (Å²) in [7, 11) is 0. The molecule has 1 saturated heterocycles. The fourth-order valence-electron chi connectivity index (χ4n) is 2.23. The lowest BCUT2D eigenvalue weighted by molar-refractivity contribution is -0.115. The van der Waals surface area contributed by atoms with Crippen molar-refractivity contribution in [2.75, 3.05) is 25.1 Å². The number of epoxide rings is 1. The Morgan fingerprint density at radius 2 is 2.20 bits per heavy atom. The molecule has 1 aromatic carbocycles. The maximum absolute atomic E-state index is 12.2. The van der Waals surface area contributed by atoms with E-state index in [0.29, 0.717) is 24.7 Å². The number of rotatable bonds is 8. The third-order valence-corrected chi connectivity index (χ3v) is 4.26. The van der Waals surface area contributed by atoms with Gasteiger partial charge in [0.1, 0.15) is 24.0 Å². The second-order valence-corrected chi connectivity index (χ2v) is 6.33. The van der Waals surface area contributed by atoms with Crippen LogP contribution in [0.3, 0.4) is 0 Å². The molecule has 7 heteroatoms. The van der Waals surface area contributed by atoms with Crippen LogP contribution in [0, 0.1) is 0 Å². The van der Waals surface area contributed by atoms with E-state index in [1.54, 1.807) is 36.5 Å². The fraction of sp³-hybridized carbons (Fsp3) is 0.333. The van der Waals surface area contributed by atoms with Gasteiger partial charge in [-0.05, 0) is 47.5 Å². The van der Waals surface area contributed by atoms with Gasteiger partial charge in [-0.2, -0.15) is 11.3 Å². The quantitative estimate of drug-likeness (QED) is 0.578. The zero-order chi connectivity index (χ0) is 17.6. The van der Waals surface area contributed by atoms with E-state index in [0.717, 1.165) is 5.56 Å². The van der Waals surface area contributed by atoms with Gasteiger partial charge in [0.25, 0.3) is 0 Å². The molecular weight excluding hydrogens is 342 g/mol. The number of carbonyl (C=O) groups excluding carboxylic acids is 2. The second kappa shape index (κ2) is 8.13. The zero-order valence-corrected chi connectivity index (χ0v) is 14.6. The van der Waals surface area contributed by atoms with Gasteiger partial charge < -0.3 is 19.5 Å². The number of hydrogen-bond donors (Lipinski definition) is 1. The van der Waals surface area contributed by atoms with Crippen molar-refractivity contribution < 1.29 is 23.8 Å². The normalized spacial score (nSPS) is 15.5. The summed E-state index contributed by atoms with van der Waals surface area (Å²) >= 11 is 1.55. The molecule has 1 fully saturated rings. The Hall–Kier alpha value is -2.38. The van der Waals surface area contributed by atoms with Gasteiger partial charge in [-0.3, -0.25) is 4.79 Å². The molecule has 0 spiro atoms. The van der Waals surface area contributed by atoms with Crippen molar-refractivity contribution in [2.24, 2.45) is 0 Å². The van der Waals surface area contributed by atoms with Gasteiger partial charge in [-0.1, -0.05) is 0 Å². The first-order valence-electron chi connectivity index (χ1n) is 8.02. The van der Waals surface area contributed by atoms with Gasteiger partial charge in [-0.15, -0.1) is 0 Å². The van der Waals surface area contributed by atoms with E-state index in [-0.39, 0.29) is 30.6 Å². The van der Waals surface area contributed by atoms with Gasteiger partial charge >= 0.3 is 5.97 Å². The molecule has 25 heavy (non-hydrogen) atoms. The molecule has 6 nitrogen and oxygen atoms in total. The Kier molecular flexibility index (Phi) is 5.67. The number of ether oxygens (including phenoxy) is 3. The Labute approximate surface area is 149 Å². The van der Waals surface area contributed by atoms with Crippen molar-refractivity contribution in [1.29, 1.82) is 0 Å². The molecule has 1 aromatic heterocycles. The SMILES string of the molecule is CCOC(=O)c1cc(NC(=O)Cc2ccsc2)ccc1OCC1CO1. The molecule has 0 aliphatic carbocycles. The second-order valence-electron chi connectivity index (χ2n) is 5.55. The van der Waals surface area contributed by atoms with Crippen molar-refractivity contribution in [3.05, 3.63) is 46.2 Å². The van der Waals surface area contributed by atoms with E-state index in [2.05, 4.69) is 5.32 Å². The number of thiophene rings is 1. The summed E-state index contributed by atoms with van der Waals surface area (Å²) in [5, 5.41) is 6.66. The molecule has 3 rings (SSSR count). The van der Waals surface area contributed by atoms with Crippen molar-refractivity contribution in [3.8, 4) is 5.75 Å². The molecule has 0 radical (unpaired) electrons. The van der Waals surface area contributed by atoms with Gasteiger partial charge in [0, 0.05) is 5.69 Å². The first-order valence-corrected chi connectivity index (χ1v) is 8.96. The highest BCUT2D eigenvalue weighted by Gasteiger charge is 2.24. The Balaban J connectivity index is 1.71. The lowest BCUT2D eigenvalue weighted by Crippen LogP contribution is -2.15.